The summed E-state index contributed by atoms with van der Waals surface area (Å²) < 4.78 is 5.13. The molecular formula is C11H12N2O. The molecule has 2 aromatic rings. The fourth-order valence-corrected chi connectivity index (χ4v) is 1.38. The summed E-state index contributed by atoms with van der Waals surface area (Å²) in [6, 6.07) is 9.99. The van der Waals surface area contributed by atoms with Crippen molar-refractivity contribution in [1.29, 1.82) is 0 Å². The predicted molar refractivity (Wildman–Crippen MR) is 53.6 cm³/mol. The number of oxazole rings is 1. The Hall–Kier alpha value is -1.61. The largest absolute Gasteiger partial charge is 0.447 e. The average molecular weight is 188 g/mol. The quantitative estimate of drug-likeness (QED) is 0.800. The third-order valence-electron chi connectivity index (χ3n) is 2.12. The Balaban J connectivity index is 2.06. The SMILES string of the molecule is N[C@H](Cc1ccccc1)c1cnco1. The van der Waals surface area contributed by atoms with Crippen molar-refractivity contribution in [2.24, 2.45) is 5.73 Å². The monoisotopic (exact) mass is 188 g/mol. The van der Waals surface area contributed by atoms with Gasteiger partial charge >= 0.3 is 0 Å². The molecule has 0 saturated carbocycles. The smallest absolute Gasteiger partial charge is 0.180 e. The molecule has 14 heavy (non-hydrogen) atoms. The lowest BCUT2D eigenvalue weighted by Crippen LogP contribution is -2.12. The predicted octanol–water partition coefficient (Wildman–Crippen LogP) is 1.92. The van der Waals surface area contributed by atoms with Crippen molar-refractivity contribution >= 4 is 0 Å². The van der Waals surface area contributed by atoms with E-state index in [-0.39, 0.29) is 6.04 Å². The van der Waals surface area contributed by atoms with Crippen molar-refractivity contribution in [2.75, 3.05) is 0 Å². The lowest BCUT2D eigenvalue weighted by atomic mass is 10.1. The molecule has 0 spiro atoms. The van der Waals surface area contributed by atoms with Crippen LogP contribution in [0.15, 0.2) is 47.3 Å². The maximum Gasteiger partial charge on any atom is 0.180 e. The highest BCUT2D eigenvalue weighted by atomic mass is 16.3. The van der Waals surface area contributed by atoms with Gasteiger partial charge in [-0.15, -0.1) is 0 Å². The van der Waals surface area contributed by atoms with Gasteiger partial charge in [0.2, 0.25) is 0 Å². The van der Waals surface area contributed by atoms with Crippen LogP contribution in [0.3, 0.4) is 0 Å². The van der Waals surface area contributed by atoms with E-state index in [0.717, 1.165) is 12.2 Å². The number of hydrogen-bond acceptors (Lipinski definition) is 3. The van der Waals surface area contributed by atoms with Gasteiger partial charge in [0.05, 0.1) is 12.2 Å². The number of rotatable bonds is 3. The minimum atomic E-state index is -0.111. The summed E-state index contributed by atoms with van der Waals surface area (Å²) in [7, 11) is 0. The van der Waals surface area contributed by atoms with E-state index in [4.69, 9.17) is 10.2 Å². The summed E-state index contributed by atoms with van der Waals surface area (Å²) in [5, 5.41) is 0. The van der Waals surface area contributed by atoms with Crippen molar-refractivity contribution in [1.82, 2.24) is 4.98 Å². The molecule has 1 aromatic heterocycles. The van der Waals surface area contributed by atoms with Crippen molar-refractivity contribution < 1.29 is 4.42 Å². The Bertz CT molecular complexity index is 369. The Kier molecular flexibility index (Phi) is 2.60. The van der Waals surface area contributed by atoms with Crippen LogP contribution >= 0.6 is 0 Å². The normalized spacial score (nSPS) is 12.6. The van der Waals surface area contributed by atoms with E-state index in [1.807, 2.05) is 18.2 Å². The molecule has 1 atom stereocenters. The number of hydrogen-bond donors (Lipinski definition) is 1. The molecule has 0 aliphatic rings. The summed E-state index contributed by atoms with van der Waals surface area (Å²) in [4.78, 5) is 3.84. The van der Waals surface area contributed by atoms with E-state index in [1.54, 1.807) is 6.20 Å². The Morgan fingerprint density at radius 2 is 2.07 bits per heavy atom. The van der Waals surface area contributed by atoms with Gasteiger partial charge in [0, 0.05) is 0 Å². The minimum absolute atomic E-state index is 0.111. The van der Waals surface area contributed by atoms with Gasteiger partial charge in [-0.1, -0.05) is 30.3 Å². The van der Waals surface area contributed by atoms with E-state index in [0.29, 0.717) is 0 Å². The second kappa shape index (κ2) is 4.07. The molecule has 2 rings (SSSR count). The van der Waals surface area contributed by atoms with Gasteiger partial charge in [-0.2, -0.15) is 0 Å². The maximum atomic E-state index is 5.94. The van der Waals surface area contributed by atoms with Crippen molar-refractivity contribution in [3.05, 3.63) is 54.2 Å². The van der Waals surface area contributed by atoms with Crippen LogP contribution in [0.25, 0.3) is 0 Å². The van der Waals surface area contributed by atoms with Crippen LogP contribution in [-0.4, -0.2) is 4.98 Å². The minimum Gasteiger partial charge on any atom is -0.447 e. The van der Waals surface area contributed by atoms with Gasteiger partial charge in [-0.3, -0.25) is 0 Å². The first-order chi connectivity index (χ1) is 6.86. The molecule has 3 nitrogen and oxygen atoms in total. The first-order valence-electron chi connectivity index (χ1n) is 4.54. The number of benzene rings is 1. The van der Waals surface area contributed by atoms with E-state index in [2.05, 4.69) is 17.1 Å². The standard InChI is InChI=1S/C11H12N2O/c12-10(11-7-13-8-14-11)6-9-4-2-1-3-5-9/h1-5,7-8,10H,6,12H2/t10-/m1/s1. The van der Waals surface area contributed by atoms with Crippen LogP contribution in [0.4, 0.5) is 0 Å². The number of aromatic nitrogens is 1. The molecule has 0 saturated heterocycles. The first kappa shape index (κ1) is 8.97. The van der Waals surface area contributed by atoms with Gasteiger partial charge < -0.3 is 10.2 Å². The fourth-order valence-electron chi connectivity index (χ4n) is 1.38. The van der Waals surface area contributed by atoms with Crippen LogP contribution in [0.2, 0.25) is 0 Å². The molecule has 1 heterocycles. The third-order valence-corrected chi connectivity index (χ3v) is 2.12. The Labute approximate surface area is 82.6 Å². The summed E-state index contributed by atoms with van der Waals surface area (Å²) >= 11 is 0. The molecule has 72 valence electrons. The molecule has 1 aromatic carbocycles. The number of nitrogens with two attached hydrogens (primary N) is 1. The van der Waals surface area contributed by atoms with Crippen LogP contribution in [0.5, 0.6) is 0 Å². The van der Waals surface area contributed by atoms with Gasteiger partial charge in [-0.05, 0) is 12.0 Å². The topological polar surface area (TPSA) is 52.0 Å². The lowest BCUT2D eigenvalue weighted by molar-refractivity contribution is 0.461. The molecule has 0 radical (unpaired) electrons. The molecule has 3 heteroatoms. The van der Waals surface area contributed by atoms with Gasteiger partial charge in [0.1, 0.15) is 5.76 Å². The van der Waals surface area contributed by atoms with Crippen LogP contribution < -0.4 is 5.73 Å². The zero-order chi connectivity index (χ0) is 9.80. The molecule has 2 N–H and O–H groups in total. The molecule has 0 amide bonds. The second-order valence-corrected chi connectivity index (χ2v) is 3.20. The average Bonchev–Trinajstić information content (AvgIpc) is 2.72. The summed E-state index contributed by atoms with van der Waals surface area (Å²) in [6.45, 7) is 0. The van der Waals surface area contributed by atoms with E-state index >= 15 is 0 Å². The van der Waals surface area contributed by atoms with E-state index in [1.165, 1.54) is 12.0 Å². The highest BCUT2D eigenvalue weighted by Gasteiger charge is 2.09. The van der Waals surface area contributed by atoms with Crippen molar-refractivity contribution in [3.8, 4) is 0 Å². The van der Waals surface area contributed by atoms with Crippen LogP contribution in [0.1, 0.15) is 17.4 Å². The lowest BCUT2D eigenvalue weighted by Gasteiger charge is -2.07. The Morgan fingerprint density at radius 1 is 1.29 bits per heavy atom. The van der Waals surface area contributed by atoms with E-state index < -0.39 is 0 Å². The first-order valence-corrected chi connectivity index (χ1v) is 4.54. The van der Waals surface area contributed by atoms with Gasteiger partial charge in [0.25, 0.3) is 0 Å². The maximum absolute atomic E-state index is 5.94. The highest BCUT2D eigenvalue weighted by molar-refractivity contribution is 5.17. The molecule has 0 unspecified atom stereocenters. The van der Waals surface area contributed by atoms with Crippen LogP contribution in [-0.2, 0) is 6.42 Å². The third kappa shape index (κ3) is 2.00. The molecule has 0 fully saturated rings. The summed E-state index contributed by atoms with van der Waals surface area (Å²) in [5.74, 6) is 0.730. The summed E-state index contributed by atoms with van der Waals surface area (Å²) in [6.07, 6.45) is 3.84. The highest BCUT2D eigenvalue weighted by Crippen LogP contribution is 2.14. The van der Waals surface area contributed by atoms with Crippen molar-refractivity contribution in [2.45, 2.75) is 12.5 Å². The van der Waals surface area contributed by atoms with Gasteiger partial charge in [-0.25, -0.2) is 4.98 Å². The van der Waals surface area contributed by atoms with Crippen molar-refractivity contribution in [3.63, 3.8) is 0 Å². The zero-order valence-electron chi connectivity index (χ0n) is 7.76. The fraction of sp³-hybridized carbons (Fsp3) is 0.182. The zero-order valence-corrected chi connectivity index (χ0v) is 7.76. The molecular weight excluding hydrogens is 176 g/mol. The van der Waals surface area contributed by atoms with Gasteiger partial charge in [0.15, 0.2) is 6.39 Å². The molecule has 0 aliphatic carbocycles. The molecule has 0 bridgehead atoms. The van der Waals surface area contributed by atoms with E-state index in [9.17, 15) is 0 Å². The van der Waals surface area contributed by atoms with Crippen LogP contribution in [0, 0.1) is 0 Å². The summed E-state index contributed by atoms with van der Waals surface area (Å²) in [5.41, 5.74) is 7.14. The number of nitrogens with zero attached hydrogens (tertiary/aromatic N) is 1. The second-order valence-electron chi connectivity index (χ2n) is 3.20. The molecule has 0 aliphatic heterocycles. The Morgan fingerprint density at radius 3 is 2.71 bits per heavy atom.